The first-order valence-electron chi connectivity index (χ1n) is 5.19. The first-order valence-corrected chi connectivity index (χ1v) is 7.60. The number of rotatable bonds is 3. The summed E-state index contributed by atoms with van der Waals surface area (Å²) in [6, 6.07) is 1.79. The predicted molar refractivity (Wildman–Crippen MR) is 74.4 cm³/mol. The van der Waals surface area contributed by atoms with E-state index in [1.54, 1.807) is 6.07 Å². The Bertz CT molecular complexity index is 424. The van der Waals surface area contributed by atoms with Gasteiger partial charge in [-0.1, -0.05) is 0 Å². The van der Waals surface area contributed by atoms with Gasteiger partial charge < -0.3 is 15.7 Å². The van der Waals surface area contributed by atoms with E-state index >= 15 is 0 Å². The Hall–Kier alpha value is 0.0500. The standard InChI is InChI=1S/C10H12Br2N2O2S/c11-8-1-6(9(12)17-8)10(16)14-3-5-2-13-4-7(5)15/h1,5,7,13,15H,2-4H2,(H,14,16). The number of aliphatic hydroxyl groups excluding tert-OH is 1. The van der Waals surface area contributed by atoms with Gasteiger partial charge in [0.25, 0.3) is 5.91 Å². The van der Waals surface area contributed by atoms with Gasteiger partial charge in [-0.3, -0.25) is 4.79 Å². The molecule has 94 valence electrons. The van der Waals surface area contributed by atoms with E-state index in [2.05, 4.69) is 42.5 Å². The zero-order valence-electron chi connectivity index (χ0n) is 8.87. The van der Waals surface area contributed by atoms with Crippen molar-refractivity contribution in [2.75, 3.05) is 19.6 Å². The average molecular weight is 384 g/mol. The number of thiophene rings is 1. The van der Waals surface area contributed by atoms with Crippen LogP contribution in [0.25, 0.3) is 0 Å². The molecule has 1 fully saturated rings. The van der Waals surface area contributed by atoms with Crippen LogP contribution in [0.3, 0.4) is 0 Å². The number of carbonyl (C=O) groups excluding carboxylic acids is 1. The van der Waals surface area contributed by atoms with E-state index in [1.165, 1.54) is 11.3 Å². The summed E-state index contributed by atoms with van der Waals surface area (Å²) in [5, 5.41) is 15.5. The van der Waals surface area contributed by atoms with E-state index in [0.29, 0.717) is 18.7 Å². The van der Waals surface area contributed by atoms with Crippen LogP contribution in [0.2, 0.25) is 0 Å². The molecule has 3 N–H and O–H groups in total. The minimum atomic E-state index is -0.368. The van der Waals surface area contributed by atoms with E-state index in [9.17, 15) is 9.90 Å². The molecule has 1 aliphatic heterocycles. The first kappa shape index (κ1) is 13.5. The summed E-state index contributed by atoms with van der Waals surface area (Å²) in [4.78, 5) is 11.9. The van der Waals surface area contributed by atoms with Crippen LogP contribution >= 0.6 is 43.2 Å². The highest BCUT2D eigenvalue weighted by Crippen LogP contribution is 2.31. The van der Waals surface area contributed by atoms with Gasteiger partial charge in [0.15, 0.2) is 0 Å². The van der Waals surface area contributed by atoms with Crippen LogP contribution in [0.4, 0.5) is 0 Å². The smallest absolute Gasteiger partial charge is 0.253 e. The third-order valence-corrected chi connectivity index (χ3v) is 5.07. The first-order chi connectivity index (χ1) is 8.08. The molecule has 1 aromatic heterocycles. The number of nitrogens with one attached hydrogen (secondary N) is 2. The summed E-state index contributed by atoms with van der Waals surface area (Å²) in [7, 11) is 0. The van der Waals surface area contributed by atoms with Gasteiger partial charge in [-0.2, -0.15) is 0 Å². The molecular formula is C10H12Br2N2O2S. The number of β-amino-alcohol motifs (C(OH)–C–C–N with tert-alkyl or cyclic N) is 1. The van der Waals surface area contributed by atoms with Gasteiger partial charge in [0.1, 0.15) is 0 Å². The number of carbonyl (C=O) groups is 1. The van der Waals surface area contributed by atoms with Gasteiger partial charge in [-0.25, -0.2) is 0 Å². The van der Waals surface area contributed by atoms with Crippen molar-refractivity contribution in [3.8, 4) is 0 Å². The molecule has 1 saturated heterocycles. The number of hydrogen-bond acceptors (Lipinski definition) is 4. The van der Waals surface area contributed by atoms with Crippen molar-refractivity contribution < 1.29 is 9.90 Å². The molecule has 0 aromatic carbocycles. The molecule has 17 heavy (non-hydrogen) atoms. The van der Waals surface area contributed by atoms with Gasteiger partial charge in [0, 0.05) is 25.6 Å². The van der Waals surface area contributed by atoms with Crippen molar-refractivity contribution in [2.45, 2.75) is 6.10 Å². The molecule has 0 radical (unpaired) electrons. The second-order valence-corrected chi connectivity index (χ2v) is 7.68. The summed E-state index contributed by atoms with van der Waals surface area (Å²) in [6.07, 6.45) is -0.368. The quantitative estimate of drug-likeness (QED) is 0.742. The summed E-state index contributed by atoms with van der Waals surface area (Å²) in [6.45, 7) is 1.84. The second kappa shape index (κ2) is 5.79. The Morgan fingerprint density at radius 2 is 2.35 bits per heavy atom. The molecule has 0 bridgehead atoms. The lowest BCUT2D eigenvalue weighted by atomic mass is 10.1. The zero-order chi connectivity index (χ0) is 12.4. The molecule has 2 heterocycles. The van der Waals surface area contributed by atoms with Crippen LogP contribution in [0, 0.1) is 5.92 Å². The highest BCUT2D eigenvalue weighted by Gasteiger charge is 2.25. The zero-order valence-corrected chi connectivity index (χ0v) is 12.9. The van der Waals surface area contributed by atoms with E-state index in [0.717, 1.165) is 14.1 Å². The number of halogens is 2. The maximum absolute atomic E-state index is 11.9. The molecule has 4 nitrogen and oxygen atoms in total. The molecule has 0 aliphatic carbocycles. The molecule has 2 atom stereocenters. The van der Waals surface area contributed by atoms with Crippen molar-refractivity contribution in [1.82, 2.24) is 10.6 Å². The maximum atomic E-state index is 11.9. The van der Waals surface area contributed by atoms with Gasteiger partial charge in [-0.05, 0) is 37.9 Å². The topological polar surface area (TPSA) is 61.4 Å². The number of aliphatic hydroxyl groups is 1. The predicted octanol–water partition coefficient (Wildman–Crippen LogP) is 1.58. The molecule has 0 saturated carbocycles. The Balaban J connectivity index is 1.91. The van der Waals surface area contributed by atoms with Crippen LogP contribution < -0.4 is 10.6 Å². The lowest BCUT2D eigenvalue weighted by Gasteiger charge is -2.13. The third-order valence-electron chi connectivity index (χ3n) is 2.73. The molecule has 1 amide bonds. The minimum absolute atomic E-state index is 0.0970. The van der Waals surface area contributed by atoms with Gasteiger partial charge in [-0.15, -0.1) is 11.3 Å². The summed E-state index contributed by atoms with van der Waals surface area (Å²) in [5.74, 6) is -0.0160. The normalized spacial score (nSPS) is 23.9. The highest BCUT2D eigenvalue weighted by atomic mass is 79.9. The molecular weight excluding hydrogens is 372 g/mol. The molecule has 2 rings (SSSR count). The van der Waals surface area contributed by atoms with Gasteiger partial charge >= 0.3 is 0 Å². The van der Waals surface area contributed by atoms with Crippen LogP contribution in [-0.4, -0.2) is 36.8 Å². The Kier molecular flexibility index (Phi) is 4.59. The average Bonchev–Trinajstić information content (AvgIpc) is 2.81. The molecule has 1 aliphatic rings. The van der Waals surface area contributed by atoms with Crippen molar-refractivity contribution in [2.24, 2.45) is 5.92 Å². The van der Waals surface area contributed by atoms with Gasteiger partial charge in [0.2, 0.25) is 0 Å². The van der Waals surface area contributed by atoms with E-state index < -0.39 is 0 Å². The SMILES string of the molecule is O=C(NCC1CNCC1O)c1cc(Br)sc1Br. The highest BCUT2D eigenvalue weighted by molar-refractivity contribution is 9.12. The Labute approximate surface area is 120 Å². The van der Waals surface area contributed by atoms with Crippen molar-refractivity contribution in [3.05, 3.63) is 19.2 Å². The van der Waals surface area contributed by atoms with Crippen LogP contribution in [-0.2, 0) is 0 Å². The maximum Gasteiger partial charge on any atom is 0.253 e. The summed E-state index contributed by atoms with van der Waals surface area (Å²) in [5.41, 5.74) is 0.627. The Morgan fingerprint density at radius 1 is 1.59 bits per heavy atom. The molecule has 7 heteroatoms. The van der Waals surface area contributed by atoms with Crippen molar-refractivity contribution >= 4 is 49.1 Å². The largest absolute Gasteiger partial charge is 0.391 e. The number of amides is 1. The second-order valence-electron chi connectivity index (χ2n) is 3.93. The fourth-order valence-electron chi connectivity index (χ4n) is 1.74. The fourth-order valence-corrected chi connectivity index (χ4v) is 4.54. The van der Waals surface area contributed by atoms with Crippen LogP contribution in [0.5, 0.6) is 0 Å². The summed E-state index contributed by atoms with van der Waals surface area (Å²) < 4.78 is 1.73. The summed E-state index contributed by atoms with van der Waals surface area (Å²) >= 11 is 8.15. The minimum Gasteiger partial charge on any atom is -0.391 e. The van der Waals surface area contributed by atoms with Crippen molar-refractivity contribution in [3.63, 3.8) is 0 Å². The van der Waals surface area contributed by atoms with Crippen LogP contribution in [0.15, 0.2) is 13.6 Å². The van der Waals surface area contributed by atoms with E-state index in [4.69, 9.17) is 0 Å². The lowest BCUT2D eigenvalue weighted by Crippen LogP contribution is -2.34. The van der Waals surface area contributed by atoms with Crippen LogP contribution in [0.1, 0.15) is 10.4 Å². The molecule has 2 unspecified atom stereocenters. The lowest BCUT2D eigenvalue weighted by molar-refractivity contribution is 0.0927. The fraction of sp³-hybridized carbons (Fsp3) is 0.500. The molecule has 1 aromatic rings. The number of hydrogen-bond donors (Lipinski definition) is 3. The Morgan fingerprint density at radius 3 is 2.88 bits per heavy atom. The molecule has 0 spiro atoms. The van der Waals surface area contributed by atoms with Crippen molar-refractivity contribution in [1.29, 1.82) is 0 Å². The third kappa shape index (κ3) is 3.29. The van der Waals surface area contributed by atoms with E-state index in [1.807, 2.05) is 0 Å². The van der Waals surface area contributed by atoms with Gasteiger partial charge in [0.05, 0.1) is 19.2 Å². The van der Waals surface area contributed by atoms with E-state index in [-0.39, 0.29) is 17.9 Å². The monoisotopic (exact) mass is 382 g/mol.